The summed E-state index contributed by atoms with van der Waals surface area (Å²) in [5, 5.41) is 1.19. The van der Waals surface area contributed by atoms with Gasteiger partial charge in [0, 0.05) is 36.0 Å². The van der Waals surface area contributed by atoms with Crippen LogP contribution in [-0.2, 0) is 0 Å². The van der Waals surface area contributed by atoms with Crippen molar-refractivity contribution in [2.24, 2.45) is 5.92 Å². The van der Waals surface area contributed by atoms with Crippen molar-refractivity contribution < 1.29 is 0 Å². The van der Waals surface area contributed by atoms with Gasteiger partial charge >= 0.3 is 0 Å². The van der Waals surface area contributed by atoms with E-state index < -0.39 is 0 Å². The first-order valence-electron chi connectivity index (χ1n) is 7.58. The van der Waals surface area contributed by atoms with Crippen LogP contribution in [0.25, 0.3) is 10.9 Å². The second-order valence-electron chi connectivity index (χ2n) is 5.33. The molecule has 2 N–H and O–H groups in total. The van der Waals surface area contributed by atoms with E-state index in [0.29, 0.717) is 0 Å². The Hall–Kier alpha value is -1.77. The fraction of sp³-hybridized carbons (Fsp3) is 0.471. The number of nitrogen functional groups attached to an aromatic ring is 1. The minimum atomic E-state index is 0.743. The van der Waals surface area contributed by atoms with E-state index in [9.17, 15) is 0 Å². The third-order valence-electron chi connectivity index (χ3n) is 4.10. The number of aromatic nitrogens is 1. The fourth-order valence-corrected chi connectivity index (χ4v) is 2.68. The normalized spacial score (nSPS) is 11.2. The molecule has 1 heterocycles. The van der Waals surface area contributed by atoms with Gasteiger partial charge in [-0.3, -0.25) is 4.98 Å². The van der Waals surface area contributed by atoms with Crippen LogP contribution >= 0.6 is 0 Å². The minimum absolute atomic E-state index is 0.743. The number of nitrogens with two attached hydrogens (primary N) is 1. The molecule has 3 nitrogen and oxygen atoms in total. The summed E-state index contributed by atoms with van der Waals surface area (Å²) >= 11 is 0. The summed E-state index contributed by atoms with van der Waals surface area (Å²) in [5.74, 6) is 0.743. The molecule has 0 bridgehead atoms. The summed E-state index contributed by atoms with van der Waals surface area (Å²) in [6, 6.07) is 8.11. The molecule has 0 amide bonds. The highest BCUT2D eigenvalue weighted by Gasteiger charge is 2.13. The van der Waals surface area contributed by atoms with E-state index in [-0.39, 0.29) is 0 Å². The van der Waals surface area contributed by atoms with Crippen molar-refractivity contribution in [1.29, 1.82) is 0 Å². The van der Waals surface area contributed by atoms with Gasteiger partial charge in [-0.1, -0.05) is 26.7 Å². The van der Waals surface area contributed by atoms with Crippen LogP contribution in [0.2, 0.25) is 0 Å². The Morgan fingerprint density at radius 3 is 2.55 bits per heavy atom. The zero-order valence-corrected chi connectivity index (χ0v) is 12.8. The number of hydrogen-bond acceptors (Lipinski definition) is 3. The average molecular weight is 271 g/mol. The zero-order chi connectivity index (χ0) is 14.5. The van der Waals surface area contributed by atoms with E-state index in [0.717, 1.165) is 30.2 Å². The lowest BCUT2D eigenvalue weighted by atomic mass is 10.0. The van der Waals surface area contributed by atoms with Crippen molar-refractivity contribution in [2.75, 3.05) is 23.7 Å². The molecule has 0 aliphatic heterocycles. The Bertz CT molecular complexity index is 561. The molecule has 20 heavy (non-hydrogen) atoms. The van der Waals surface area contributed by atoms with Gasteiger partial charge in [0.15, 0.2) is 0 Å². The highest BCUT2D eigenvalue weighted by Crippen LogP contribution is 2.28. The highest BCUT2D eigenvalue weighted by atomic mass is 15.1. The molecule has 0 spiro atoms. The largest absolute Gasteiger partial charge is 0.399 e. The van der Waals surface area contributed by atoms with Gasteiger partial charge in [-0.2, -0.15) is 0 Å². The fourth-order valence-electron chi connectivity index (χ4n) is 2.68. The van der Waals surface area contributed by atoms with Crippen molar-refractivity contribution in [3.05, 3.63) is 30.5 Å². The lowest BCUT2D eigenvalue weighted by Crippen LogP contribution is -2.29. The number of anilines is 2. The van der Waals surface area contributed by atoms with E-state index in [1.54, 1.807) is 0 Å². The SMILES string of the molecule is CCC(CC)CN(CC)c1ccnc2cc(N)ccc12. The number of fused-ring (bicyclic) bond motifs is 1. The molecule has 0 fully saturated rings. The van der Waals surface area contributed by atoms with Crippen LogP contribution in [0.15, 0.2) is 30.5 Å². The number of nitrogens with zero attached hydrogens (tertiary/aromatic N) is 2. The molecule has 2 aromatic rings. The summed E-state index contributed by atoms with van der Waals surface area (Å²) in [5.41, 5.74) is 8.87. The number of pyridine rings is 1. The lowest BCUT2D eigenvalue weighted by Gasteiger charge is -2.28. The molecule has 0 radical (unpaired) electrons. The van der Waals surface area contributed by atoms with E-state index in [2.05, 4.69) is 42.8 Å². The van der Waals surface area contributed by atoms with Crippen molar-refractivity contribution in [1.82, 2.24) is 4.98 Å². The first-order valence-corrected chi connectivity index (χ1v) is 7.58. The second kappa shape index (κ2) is 6.60. The Morgan fingerprint density at radius 2 is 1.90 bits per heavy atom. The molecule has 0 atom stereocenters. The maximum Gasteiger partial charge on any atom is 0.0743 e. The van der Waals surface area contributed by atoms with E-state index in [4.69, 9.17) is 5.73 Å². The Morgan fingerprint density at radius 1 is 1.15 bits per heavy atom. The molecule has 108 valence electrons. The predicted octanol–water partition coefficient (Wildman–Crippen LogP) is 4.08. The van der Waals surface area contributed by atoms with Crippen molar-refractivity contribution in [3.8, 4) is 0 Å². The average Bonchev–Trinajstić information content (AvgIpc) is 2.48. The first kappa shape index (κ1) is 14.6. The standard InChI is InChI=1S/C17H25N3/c1-4-13(5-2)12-20(6-3)17-9-10-19-16-11-14(18)7-8-15(16)17/h7-11,13H,4-6,12,18H2,1-3H3. The van der Waals surface area contributed by atoms with Crippen molar-refractivity contribution >= 4 is 22.3 Å². The van der Waals surface area contributed by atoms with Gasteiger partial charge in [0.25, 0.3) is 0 Å². The van der Waals surface area contributed by atoms with E-state index in [1.165, 1.54) is 23.9 Å². The summed E-state index contributed by atoms with van der Waals surface area (Å²) in [4.78, 5) is 6.89. The topological polar surface area (TPSA) is 42.2 Å². The van der Waals surface area contributed by atoms with Crippen LogP contribution in [-0.4, -0.2) is 18.1 Å². The Labute approximate surface area is 121 Å². The molecule has 3 heteroatoms. The van der Waals surface area contributed by atoms with Gasteiger partial charge in [-0.25, -0.2) is 0 Å². The number of hydrogen-bond donors (Lipinski definition) is 1. The zero-order valence-electron chi connectivity index (χ0n) is 12.8. The van der Waals surface area contributed by atoms with Gasteiger partial charge in [-0.05, 0) is 37.1 Å². The summed E-state index contributed by atoms with van der Waals surface area (Å²) < 4.78 is 0. The third-order valence-corrected chi connectivity index (χ3v) is 4.10. The summed E-state index contributed by atoms with van der Waals surface area (Å²) in [6.45, 7) is 8.87. The molecule has 0 aliphatic carbocycles. The smallest absolute Gasteiger partial charge is 0.0743 e. The molecule has 0 saturated heterocycles. The maximum atomic E-state index is 5.85. The molecule has 1 aromatic carbocycles. The number of rotatable bonds is 6. The molecule has 2 rings (SSSR count). The van der Waals surface area contributed by atoms with Crippen LogP contribution in [0.4, 0.5) is 11.4 Å². The van der Waals surface area contributed by atoms with E-state index >= 15 is 0 Å². The van der Waals surface area contributed by atoms with Crippen LogP contribution < -0.4 is 10.6 Å². The monoisotopic (exact) mass is 271 g/mol. The van der Waals surface area contributed by atoms with Gasteiger partial charge < -0.3 is 10.6 Å². The predicted molar refractivity (Wildman–Crippen MR) is 88.1 cm³/mol. The Kier molecular flexibility index (Phi) is 4.83. The Balaban J connectivity index is 2.39. The van der Waals surface area contributed by atoms with Crippen molar-refractivity contribution in [2.45, 2.75) is 33.6 Å². The second-order valence-corrected chi connectivity index (χ2v) is 5.33. The highest BCUT2D eigenvalue weighted by molar-refractivity contribution is 5.93. The van der Waals surface area contributed by atoms with Crippen molar-refractivity contribution in [3.63, 3.8) is 0 Å². The van der Waals surface area contributed by atoms with Crippen LogP contribution in [0, 0.1) is 5.92 Å². The van der Waals surface area contributed by atoms with E-state index in [1.807, 2.05) is 18.3 Å². The maximum absolute atomic E-state index is 5.85. The third kappa shape index (κ3) is 3.03. The van der Waals surface area contributed by atoms with Gasteiger partial charge in [-0.15, -0.1) is 0 Å². The van der Waals surface area contributed by atoms with Crippen LogP contribution in [0.1, 0.15) is 33.6 Å². The van der Waals surface area contributed by atoms with Gasteiger partial charge in [0.1, 0.15) is 0 Å². The lowest BCUT2D eigenvalue weighted by molar-refractivity contribution is 0.486. The molecule has 0 aliphatic rings. The summed E-state index contributed by atoms with van der Waals surface area (Å²) in [6.07, 6.45) is 4.33. The molecular formula is C17H25N3. The summed E-state index contributed by atoms with van der Waals surface area (Å²) in [7, 11) is 0. The quantitative estimate of drug-likeness (QED) is 0.805. The molecule has 0 saturated carbocycles. The number of benzene rings is 1. The first-order chi connectivity index (χ1) is 9.69. The van der Waals surface area contributed by atoms with Gasteiger partial charge in [0.2, 0.25) is 0 Å². The molecule has 1 aromatic heterocycles. The minimum Gasteiger partial charge on any atom is -0.399 e. The van der Waals surface area contributed by atoms with Gasteiger partial charge in [0.05, 0.1) is 5.52 Å². The van der Waals surface area contributed by atoms with Crippen LogP contribution in [0.3, 0.4) is 0 Å². The van der Waals surface area contributed by atoms with Crippen LogP contribution in [0.5, 0.6) is 0 Å². The molecule has 0 unspecified atom stereocenters. The molecular weight excluding hydrogens is 246 g/mol.